The fraction of sp³-hybridized carbons (Fsp3) is 0.702. The van der Waals surface area contributed by atoms with Gasteiger partial charge in [-0.05, 0) is 116 Å². The predicted molar refractivity (Wildman–Crippen MR) is 398 cm³/mol. The lowest BCUT2D eigenvalue weighted by atomic mass is 10.0. The minimum absolute atomic E-state index is 0.144. The summed E-state index contributed by atoms with van der Waals surface area (Å²) in [5.74, 6) is -2.28. The van der Waals surface area contributed by atoms with Crippen molar-refractivity contribution < 1.29 is 42.9 Å². The molecule has 9 nitrogen and oxygen atoms in total. The molecular weight excluding hydrogens is 1150 g/mol. The zero-order valence-electron chi connectivity index (χ0n) is 60.8. The van der Waals surface area contributed by atoms with Gasteiger partial charge in [-0.2, -0.15) is 0 Å². The van der Waals surface area contributed by atoms with Crippen LogP contribution >= 0.6 is 0 Å². The van der Waals surface area contributed by atoms with E-state index in [1.165, 1.54) is 186 Å². The molecule has 2 atom stereocenters. The van der Waals surface area contributed by atoms with Crippen molar-refractivity contribution in [2.24, 2.45) is 0 Å². The Hall–Kier alpha value is -4.57. The van der Waals surface area contributed by atoms with Crippen LogP contribution in [0.4, 0.5) is 0 Å². The number of hydrogen-bond acceptors (Lipinski definition) is 8. The van der Waals surface area contributed by atoms with Crippen molar-refractivity contribution >= 4 is 17.9 Å². The molecule has 0 amide bonds. The van der Waals surface area contributed by atoms with Gasteiger partial charge in [0.05, 0.1) is 40.3 Å². The number of ether oxygens (including phenoxy) is 4. The number of carboxylic acids is 1. The molecule has 2 unspecified atom stereocenters. The molecule has 0 saturated heterocycles. The molecule has 532 valence electrons. The van der Waals surface area contributed by atoms with Gasteiger partial charge in [0.25, 0.3) is 0 Å². The molecule has 0 aliphatic carbocycles. The van der Waals surface area contributed by atoms with Crippen molar-refractivity contribution in [1.29, 1.82) is 0 Å². The molecule has 0 heterocycles. The first kappa shape index (κ1) is 88.4. The lowest BCUT2D eigenvalue weighted by Crippen LogP contribution is -2.44. The highest BCUT2D eigenvalue weighted by molar-refractivity contribution is 5.70. The highest BCUT2D eigenvalue weighted by Crippen LogP contribution is 2.18. The number of carbonyl (C=O) groups excluding carboxylic acids is 3. The Morgan fingerprint density at radius 2 is 0.613 bits per heavy atom. The van der Waals surface area contributed by atoms with Gasteiger partial charge in [-0.25, -0.2) is 0 Å². The van der Waals surface area contributed by atoms with E-state index in [4.69, 9.17) is 18.9 Å². The van der Waals surface area contributed by atoms with Crippen molar-refractivity contribution in [2.75, 3.05) is 47.5 Å². The molecule has 0 aromatic carbocycles. The van der Waals surface area contributed by atoms with Crippen molar-refractivity contribution in [3.63, 3.8) is 0 Å². The molecule has 0 aromatic heterocycles. The third kappa shape index (κ3) is 74.7. The normalized spacial score (nSPS) is 13.4. The lowest BCUT2D eigenvalue weighted by Gasteiger charge is -2.26. The minimum Gasteiger partial charge on any atom is -0.545 e. The van der Waals surface area contributed by atoms with E-state index in [1.54, 1.807) is 0 Å². The summed E-state index contributed by atoms with van der Waals surface area (Å²) >= 11 is 0. The molecule has 0 radical (unpaired) electrons. The lowest BCUT2D eigenvalue weighted by molar-refractivity contribution is -0.870. The van der Waals surface area contributed by atoms with Gasteiger partial charge in [0.1, 0.15) is 13.2 Å². The zero-order valence-corrected chi connectivity index (χ0v) is 60.8. The van der Waals surface area contributed by atoms with Gasteiger partial charge in [-0.3, -0.25) is 9.59 Å². The number of quaternary nitrogens is 1. The number of rotatable bonds is 70. The van der Waals surface area contributed by atoms with Gasteiger partial charge in [-0.15, -0.1) is 0 Å². The number of aliphatic carboxylic acids is 1. The number of hydrogen-bond donors (Lipinski definition) is 0. The highest BCUT2D eigenvalue weighted by atomic mass is 16.7. The van der Waals surface area contributed by atoms with Crippen LogP contribution in [-0.4, -0.2) is 82.3 Å². The van der Waals surface area contributed by atoms with Crippen LogP contribution in [0.3, 0.4) is 0 Å². The Labute approximate surface area is 573 Å². The maximum absolute atomic E-state index is 13.0. The number of unbranched alkanes of at least 4 members (excludes halogenated alkanes) is 33. The van der Waals surface area contributed by atoms with E-state index in [1.807, 2.05) is 21.1 Å². The van der Waals surface area contributed by atoms with Crippen molar-refractivity contribution in [3.8, 4) is 0 Å². The van der Waals surface area contributed by atoms with Gasteiger partial charge in [0, 0.05) is 12.8 Å². The van der Waals surface area contributed by atoms with Crippen LogP contribution in [-0.2, 0) is 33.3 Å². The summed E-state index contributed by atoms with van der Waals surface area (Å²) < 4.78 is 22.8. The van der Waals surface area contributed by atoms with Gasteiger partial charge in [0.15, 0.2) is 12.4 Å². The summed E-state index contributed by atoms with van der Waals surface area (Å²) in [6.45, 7) is 4.64. The largest absolute Gasteiger partial charge is 0.545 e. The second kappa shape index (κ2) is 73.2. The van der Waals surface area contributed by atoms with Crippen molar-refractivity contribution in [2.45, 2.75) is 334 Å². The smallest absolute Gasteiger partial charge is 0.306 e. The van der Waals surface area contributed by atoms with Crippen LogP contribution in [0.1, 0.15) is 322 Å². The molecule has 0 spiro atoms. The molecule has 0 aliphatic rings. The Kier molecular flexibility index (Phi) is 69.6. The Balaban J connectivity index is 4.07. The molecule has 93 heavy (non-hydrogen) atoms. The molecule has 0 bridgehead atoms. The third-order valence-corrected chi connectivity index (χ3v) is 16.4. The quantitative estimate of drug-likeness (QED) is 0.0195. The molecule has 0 fully saturated rings. The molecular formula is C84H143NO8. The van der Waals surface area contributed by atoms with Crippen molar-refractivity contribution in [1.82, 2.24) is 0 Å². The number of carboxylic acid groups (broad SMARTS) is 1. The molecule has 0 rings (SSSR count). The van der Waals surface area contributed by atoms with Gasteiger partial charge >= 0.3 is 11.9 Å². The molecule has 9 heteroatoms. The van der Waals surface area contributed by atoms with Crippen LogP contribution in [0, 0.1) is 0 Å². The molecule has 0 aromatic rings. The first-order valence-electron chi connectivity index (χ1n) is 38.3. The Morgan fingerprint density at radius 1 is 0.333 bits per heavy atom. The van der Waals surface area contributed by atoms with E-state index in [2.05, 4.69) is 148 Å². The monoisotopic (exact) mass is 1290 g/mol. The minimum atomic E-state index is -1.63. The van der Waals surface area contributed by atoms with Crippen LogP contribution < -0.4 is 5.11 Å². The summed E-state index contributed by atoms with van der Waals surface area (Å²) in [4.78, 5) is 37.6. The highest BCUT2D eigenvalue weighted by Gasteiger charge is 2.22. The second-order valence-electron chi connectivity index (χ2n) is 26.6. The summed E-state index contributed by atoms with van der Waals surface area (Å²) in [5.41, 5.74) is 0. The van der Waals surface area contributed by atoms with Crippen LogP contribution in [0.15, 0.2) is 134 Å². The number of likely N-dealkylation sites (N-methyl/N-ethyl adjacent to an activating group) is 1. The van der Waals surface area contributed by atoms with Crippen LogP contribution in [0.5, 0.6) is 0 Å². The van der Waals surface area contributed by atoms with E-state index in [-0.39, 0.29) is 38.6 Å². The van der Waals surface area contributed by atoms with Crippen LogP contribution in [0.25, 0.3) is 0 Å². The topological polar surface area (TPSA) is 111 Å². The standard InChI is InChI=1S/C84H143NO8/c1-6-8-10-12-14-16-18-20-22-24-26-28-30-32-34-35-36-37-38-39-40-41-42-43-44-45-46-47-49-51-53-55-57-59-61-63-65-67-69-71-73-75-82(87)93-80(79-92-84(83(88)89)90-77-76-85(3,4)5)78-91-81(86)74-72-70-68-66-64-62-60-58-56-54-52-50-48-33-31-29-27-25-23-21-19-17-15-13-11-9-7-2/h8,10,14,16,19-22,25-28,31-34,36-37,39-40,42-43,80,84H,6-7,9,11-13,15,17-18,23-24,29-30,35,38,41,44-79H2,1-5H3/b10-8-,16-14-,21-19-,22-20-,27-25-,28-26-,33-31-,34-32-,37-36-,40-39-,43-42-. The van der Waals surface area contributed by atoms with Crippen molar-refractivity contribution in [3.05, 3.63) is 134 Å². The number of carbonyl (C=O) groups is 3. The third-order valence-electron chi connectivity index (χ3n) is 16.4. The average Bonchev–Trinajstić information content (AvgIpc) is 3.38. The summed E-state index contributed by atoms with van der Waals surface area (Å²) in [6.07, 6.45) is 103. The first-order chi connectivity index (χ1) is 45.6. The molecule has 0 saturated carbocycles. The van der Waals surface area contributed by atoms with E-state index in [0.717, 1.165) is 103 Å². The second-order valence-corrected chi connectivity index (χ2v) is 26.6. The first-order valence-corrected chi connectivity index (χ1v) is 38.3. The summed E-state index contributed by atoms with van der Waals surface area (Å²) in [7, 11) is 5.93. The predicted octanol–water partition coefficient (Wildman–Crippen LogP) is 23.1. The average molecular weight is 1300 g/mol. The van der Waals surface area contributed by atoms with Gasteiger partial charge in [0.2, 0.25) is 0 Å². The Morgan fingerprint density at radius 3 is 0.914 bits per heavy atom. The molecule has 0 N–H and O–H groups in total. The maximum Gasteiger partial charge on any atom is 0.306 e. The van der Waals surface area contributed by atoms with E-state index >= 15 is 0 Å². The van der Waals surface area contributed by atoms with E-state index in [9.17, 15) is 19.5 Å². The number of allylic oxidation sites excluding steroid dienone is 22. The zero-order chi connectivity index (χ0) is 67.5. The van der Waals surface area contributed by atoms with Gasteiger partial charge < -0.3 is 33.3 Å². The van der Waals surface area contributed by atoms with Gasteiger partial charge in [-0.1, -0.05) is 327 Å². The number of esters is 2. The SMILES string of the molecule is CC/C=C\C/C=C\C/C=C\C/C=C\C/C=C\C/C=C\C/C=C\C/C=C\CCCCCCCCCCCCCCCCCCC(=O)OC(COC(=O)CCCCCCCCCCCCCC/C=C\C/C=C\C/C=C\CCCCCCC)COC(OCC[N+](C)(C)C)C(=O)[O-]. The fourth-order valence-electron chi connectivity index (χ4n) is 10.6. The maximum atomic E-state index is 13.0. The Bertz CT molecular complexity index is 2000. The van der Waals surface area contributed by atoms with Crippen LogP contribution in [0.2, 0.25) is 0 Å². The summed E-state index contributed by atoms with van der Waals surface area (Å²) in [6, 6.07) is 0. The number of nitrogens with zero attached hydrogens (tertiary/aromatic N) is 1. The summed E-state index contributed by atoms with van der Waals surface area (Å²) in [5, 5.41) is 11.8. The fourth-order valence-corrected chi connectivity index (χ4v) is 10.6. The van der Waals surface area contributed by atoms with E-state index < -0.39 is 24.3 Å². The molecule has 0 aliphatic heterocycles. The van der Waals surface area contributed by atoms with E-state index in [0.29, 0.717) is 17.4 Å².